The van der Waals surface area contributed by atoms with Gasteiger partial charge < -0.3 is 9.30 Å². The van der Waals surface area contributed by atoms with Crippen LogP contribution in [0.5, 0.6) is 5.75 Å². The minimum absolute atomic E-state index is 0.167. The number of benzene rings is 2. The maximum atomic E-state index is 11.9. The average molecular weight is 368 g/mol. The number of hydrogen-bond donors (Lipinski definition) is 1. The molecule has 6 heteroatoms. The highest BCUT2D eigenvalue weighted by atomic mass is 35.5. The van der Waals surface area contributed by atoms with Crippen molar-refractivity contribution in [1.82, 2.24) is 9.99 Å². The molecule has 5 nitrogen and oxygen atoms in total. The Kier molecular flexibility index (Phi) is 5.71. The molecule has 3 rings (SSSR count). The quantitative estimate of drug-likeness (QED) is 0.529. The number of hydrazone groups is 1. The number of para-hydroxylation sites is 2. The van der Waals surface area contributed by atoms with Gasteiger partial charge in [0, 0.05) is 11.4 Å². The SMILES string of the molecule is Cc1ccc(/C=N\NC(=O)COc2ccccc2Cl)n1-c1ccccc1. The lowest BCUT2D eigenvalue weighted by molar-refractivity contribution is -0.123. The Morgan fingerprint density at radius 3 is 2.62 bits per heavy atom. The number of rotatable bonds is 6. The zero-order valence-electron chi connectivity index (χ0n) is 14.2. The Labute approximate surface area is 156 Å². The summed E-state index contributed by atoms with van der Waals surface area (Å²) in [5, 5.41) is 4.48. The van der Waals surface area contributed by atoms with Crippen LogP contribution in [-0.4, -0.2) is 23.3 Å². The van der Waals surface area contributed by atoms with Crippen molar-refractivity contribution in [3.05, 3.63) is 83.1 Å². The maximum absolute atomic E-state index is 11.9. The second kappa shape index (κ2) is 8.36. The molecular weight excluding hydrogens is 350 g/mol. The number of hydrogen-bond acceptors (Lipinski definition) is 3. The van der Waals surface area contributed by atoms with E-state index in [4.69, 9.17) is 16.3 Å². The number of aromatic nitrogens is 1. The Bertz CT molecular complexity index is 920. The minimum Gasteiger partial charge on any atom is -0.482 e. The van der Waals surface area contributed by atoms with Gasteiger partial charge in [0.15, 0.2) is 6.61 Å². The monoisotopic (exact) mass is 367 g/mol. The molecule has 1 amide bonds. The fourth-order valence-electron chi connectivity index (χ4n) is 2.50. The number of halogens is 1. The summed E-state index contributed by atoms with van der Waals surface area (Å²) in [5.74, 6) is 0.0950. The number of ether oxygens (including phenoxy) is 1. The smallest absolute Gasteiger partial charge is 0.277 e. The predicted octanol–water partition coefficient (Wildman–Crippen LogP) is 3.97. The molecule has 1 aromatic heterocycles. The number of nitrogens with one attached hydrogen (secondary N) is 1. The molecule has 0 radical (unpaired) electrons. The summed E-state index contributed by atoms with van der Waals surface area (Å²) in [6.07, 6.45) is 1.60. The van der Waals surface area contributed by atoms with Gasteiger partial charge in [0.25, 0.3) is 5.91 Å². The summed E-state index contributed by atoms with van der Waals surface area (Å²) < 4.78 is 7.43. The van der Waals surface area contributed by atoms with Crippen molar-refractivity contribution in [1.29, 1.82) is 0 Å². The first-order valence-electron chi connectivity index (χ1n) is 8.08. The Hall–Kier alpha value is -3.05. The van der Waals surface area contributed by atoms with E-state index in [2.05, 4.69) is 15.1 Å². The number of amides is 1. The van der Waals surface area contributed by atoms with Gasteiger partial charge >= 0.3 is 0 Å². The zero-order valence-corrected chi connectivity index (χ0v) is 15.0. The highest BCUT2D eigenvalue weighted by molar-refractivity contribution is 6.32. The summed E-state index contributed by atoms with van der Waals surface area (Å²) in [5.41, 5.74) is 5.43. The van der Waals surface area contributed by atoms with E-state index in [-0.39, 0.29) is 12.5 Å². The van der Waals surface area contributed by atoms with E-state index in [0.29, 0.717) is 10.8 Å². The first-order valence-corrected chi connectivity index (χ1v) is 8.46. The zero-order chi connectivity index (χ0) is 18.4. The molecule has 0 bridgehead atoms. The van der Waals surface area contributed by atoms with Crippen LogP contribution >= 0.6 is 11.6 Å². The summed E-state index contributed by atoms with van der Waals surface area (Å²) >= 11 is 5.98. The molecule has 1 N–H and O–H groups in total. The Balaban J connectivity index is 1.61. The molecule has 2 aromatic carbocycles. The second-order valence-corrected chi connectivity index (χ2v) is 5.99. The van der Waals surface area contributed by atoms with Crippen LogP contribution in [0.2, 0.25) is 5.02 Å². The van der Waals surface area contributed by atoms with Gasteiger partial charge in [0.2, 0.25) is 0 Å². The second-order valence-electron chi connectivity index (χ2n) is 5.58. The molecule has 0 aliphatic carbocycles. The van der Waals surface area contributed by atoms with Crippen LogP contribution in [0.25, 0.3) is 5.69 Å². The van der Waals surface area contributed by atoms with Gasteiger partial charge in [-0.2, -0.15) is 5.10 Å². The number of carbonyl (C=O) groups excluding carboxylic acids is 1. The van der Waals surface area contributed by atoms with E-state index in [9.17, 15) is 4.79 Å². The summed E-state index contributed by atoms with van der Waals surface area (Å²) in [6.45, 7) is 1.85. The van der Waals surface area contributed by atoms with Crippen molar-refractivity contribution in [3.8, 4) is 11.4 Å². The van der Waals surface area contributed by atoms with E-state index in [1.54, 1.807) is 30.5 Å². The van der Waals surface area contributed by atoms with Crippen molar-refractivity contribution in [3.63, 3.8) is 0 Å². The van der Waals surface area contributed by atoms with Gasteiger partial charge in [-0.15, -0.1) is 0 Å². The van der Waals surface area contributed by atoms with Crippen LogP contribution in [0.3, 0.4) is 0 Å². The lowest BCUT2D eigenvalue weighted by atomic mass is 10.3. The van der Waals surface area contributed by atoms with Crippen molar-refractivity contribution >= 4 is 23.7 Å². The Morgan fingerprint density at radius 2 is 1.85 bits per heavy atom. The van der Waals surface area contributed by atoms with Gasteiger partial charge in [-0.05, 0) is 43.3 Å². The van der Waals surface area contributed by atoms with E-state index in [0.717, 1.165) is 17.1 Å². The van der Waals surface area contributed by atoms with Crippen molar-refractivity contribution in [2.45, 2.75) is 6.92 Å². The normalized spacial score (nSPS) is 10.8. The third-order valence-electron chi connectivity index (χ3n) is 3.70. The Morgan fingerprint density at radius 1 is 1.12 bits per heavy atom. The molecular formula is C20H18ClN3O2. The molecule has 0 atom stereocenters. The van der Waals surface area contributed by atoms with Crippen LogP contribution in [0.1, 0.15) is 11.4 Å². The lowest BCUT2D eigenvalue weighted by Crippen LogP contribution is -2.24. The third-order valence-corrected chi connectivity index (χ3v) is 4.01. The van der Waals surface area contributed by atoms with E-state index in [1.807, 2.05) is 49.4 Å². The van der Waals surface area contributed by atoms with Crippen LogP contribution in [0, 0.1) is 6.92 Å². The van der Waals surface area contributed by atoms with Crippen molar-refractivity contribution in [2.24, 2.45) is 5.10 Å². The minimum atomic E-state index is -0.365. The summed E-state index contributed by atoms with van der Waals surface area (Å²) in [7, 11) is 0. The summed E-state index contributed by atoms with van der Waals surface area (Å²) in [4.78, 5) is 11.9. The predicted molar refractivity (Wildman–Crippen MR) is 103 cm³/mol. The molecule has 0 spiro atoms. The molecule has 0 unspecified atom stereocenters. The average Bonchev–Trinajstić information content (AvgIpc) is 3.02. The van der Waals surface area contributed by atoms with Gasteiger partial charge in [0.05, 0.1) is 16.9 Å². The standard InChI is InChI=1S/C20H18ClN3O2/c1-15-11-12-17(24(15)16-7-3-2-4-8-16)13-22-23-20(25)14-26-19-10-6-5-9-18(19)21/h2-13H,14H2,1H3,(H,23,25)/b22-13-. The van der Waals surface area contributed by atoms with Gasteiger partial charge in [-0.1, -0.05) is 41.9 Å². The van der Waals surface area contributed by atoms with Crippen molar-refractivity contribution < 1.29 is 9.53 Å². The van der Waals surface area contributed by atoms with Gasteiger partial charge in [-0.3, -0.25) is 4.79 Å². The topological polar surface area (TPSA) is 55.6 Å². The first kappa shape index (κ1) is 17.8. The molecule has 0 aliphatic heterocycles. The molecule has 1 heterocycles. The van der Waals surface area contributed by atoms with Crippen LogP contribution < -0.4 is 10.2 Å². The first-order chi connectivity index (χ1) is 12.6. The van der Waals surface area contributed by atoms with Crippen LogP contribution in [0.4, 0.5) is 0 Å². The highest BCUT2D eigenvalue weighted by Gasteiger charge is 2.06. The molecule has 0 aliphatic rings. The van der Waals surface area contributed by atoms with Gasteiger partial charge in [0.1, 0.15) is 5.75 Å². The molecule has 3 aromatic rings. The summed E-state index contributed by atoms with van der Waals surface area (Å²) in [6, 6.07) is 20.9. The van der Waals surface area contributed by atoms with Gasteiger partial charge in [-0.25, -0.2) is 5.43 Å². The van der Waals surface area contributed by atoms with E-state index >= 15 is 0 Å². The highest BCUT2D eigenvalue weighted by Crippen LogP contribution is 2.22. The maximum Gasteiger partial charge on any atom is 0.277 e. The molecule has 0 saturated heterocycles. The number of nitrogens with zero attached hydrogens (tertiary/aromatic N) is 2. The number of carbonyl (C=O) groups is 1. The van der Waals surface area contributed by atoms with E-state index < -0.39 is 0 Å². The van der Waals surface area contributed by atoms with Crippen LogP contribution in [-0.2, 0) is 4.79 Å². The third kappa shape index (κ3) is 4.32. The van der Waals surface area contributed by atoms with Crippen LogP contribution in [0.15, 0.2) is 71.8 Å². The fraction of sp³-hybridized carbons (Fsp3) is 0.100. The molecule has 26 heavy (non-hydrogen) atoms. The molecule has 132 valence electrons. The fourth-order valence-corrected chi connectivity index (χ4v) is 2.69. The molecule has 0 saturated carbocycles. The van der Waals surface area contributed by atoms with Crippen molar-refractivity contribution in [2.75, 3.05) is 6.61 Å². The largest absolute Gasteiger partial charge is 0.482 e. The lowest BCUT2D eigenvalue weighted by Gasteiger charge is -2.09. The number of aryl methyl sites for hydroxylation is 1. The molecule has 0 fully saturated rings. The van der Waals surface area contributed by atoms with E-state index in [1.165, 1.54) is 0 Å².